The van der Waals surface area contributed by atoms with Gasteiger partial charge in [0.2, 0.25) is 0 Å². The predicted octanol–water partition coefficient (Wildman–Crippen LogP) is 5.16. The number of ether oxygens (including phenoxy) is 1. The first-order valence-electron chi connectivity index (χ1n) is 8.50. The third-order valence-electron chi connectivity index (χ3n) is 3.87. The molecule has 1 heterocycles. The van der Waals surface area contributed by atoms with Crippen LogP contribution in [0, 0.1) is 0 Å². The van der Waals surface area contributed by atoms with Crippen molar-refractivity contribution < 1.29 is 22.7 Å². The normalized spacial score (nSPS) is 11.3. The van der Waals surface area contributed by atoms with Gasteiger partial charge in [-0.3, -0.25) is 4.79 Å². The highest BCUT2D eigenvalue weighted by atomic mass is 32.1. The van der Waals surface area contributed by atoms with Gasteiger partial charge in [0.25, 0.3) is 5.91 Å². The first-order valence-corrected chi connectivity index (χ1v) is 9.38. The van der Waals surface area contributed by atoms with Crippen molar-refractivity contribution in [3.05, 3.63) is 70.7 Å². The third kappa shape index (κ3) is 4.69. The van der Waals surface area contributed by atoms with E-state index in [1.807, 2.05) is 6.92 Å². The van der Waals surface area contributed by atoms with Crippen LogP contribution >= 0.6 is 11.3 Å². The lowest BCUT2D eigenvalue weighted by molar-refractivity contribution is -0.138. The number of rotatable bonds is 6. The summed E-state index contributed by atoms with van der Waals surface area (Å²) in [7, 11) is 0. The van der Waals surface area contributed by atoms with Gasteiger partial charge in [0.15, 0.2) is 0 Å². The lowest BCUT2D eigenvalue weighted by Crippen LogP contribution is -2.22. The average Bonchev–Trinajstić information content (AvgIpc) is 3.17. The minimum absolute atomic E-state index is 0.0631. The van der Waals surface area contributed by atoms with Gasteiger partial charge in [-0.05, 0) is 25.1 Å². The molecule has 0 aliphatic carbocycles. The Morgan fingerprint density at radius 2 is 1.96 bits per heavy atom. The minimum Gasteiger partial charge on any atom is -0.489 e. The van der Waals surface area contributed by atoms with Crippen molar-refractivity contribution in [1.82, 2.24) is 10.3 Å². The molecule has 0 atom stereocenters. The smallest absolute Gasteiger partial charge is 0.416 e. The van der Waals surface area contributed by atoms with E-state index in [9.17, 15) is 18.0 Å². The highest BCUT2D eigenvalue weighted by molar-refractivity contribution is 7.13. The van der Waals surface area contributed by atoms with Gasteiger partial charge in [0.1, 0.15) is 23.1 Å². The molecule has 0 saturated heterocycles. The van der Waals surface area contributed by atoms with Crippen molar-refractivity contribution in [3.8, 4) is 16.3 Å². The van der Waals surface area contributed by atoms with Crippen LogP contribution in [0.4, 0.5) is 13.2 Å². The summed E-state index contributed by atoms with van der Waals surface area (Å²) in [4.78, 5) is 16.2. The second-order valence-electron chi connectivity index (χ2n) is 5.87. The van der Waals surface area contributed by atoms with Crippen LogP contribution in [0.15, 0.2) is 53.9 Å². The van der Waals surface area contributed by atoms with Crippen molar-refractivity contribution >= 4 is 17.2 Å². The molecule has 146 valence electrons. The molecule has 8 heteroatoms. The second kappa shape index (κ2) is 8.43. The Balaban J connectivity index is 1.76. The topological polar surface area (TPSA) is 51.2 Å². The summed E-state index contributed by atoms with van der Waals surface area (Å²) in [6.45, 7) is 2.12. The molecule has 28 heavy (non-hydrogen) atoms. The van der Waals surface area contributed by atoms with Crippen LogP contribution in [-0.4, -0.2) is 17.4 Å². The van der Waals surface area contributed by atoms with Crippen molar-refractivity contribution in [2.24, 2.45) is 0 Å². The molecular formula is C20H17F3N2O2S. The van der Waals surface area contributed by atoms with E-state index in [-0.39, 0.29) is 18.1 Å². The summed E-state index contributed by atoms with van der Waals surface area (Å²) in [6, 6.07) is 12.2. The van der Waals surface area contributed by atoms with Crippen LogP contribution in [0.5, 0.6) is 5.75 Å². The van der Waals surface area contributed by atoms with Gasteiger partial charge in [-0.2, -0.15) is 13.2 Å². The van der Waals surface area contributed by atoms with Gasteiger partial charge >= 0.3 is 6.18 Å². The van der Waals surface area contributed by atoms with E-state index in [1.165, 1.54) is 23.5 Å². The standard InChI is InChI=1S/C20H17F3N2O2S/c1-2-24-18(26)17-12-28-19(25-17)13-7-5-8-15(10-13)27-11-14-6-3-4-9-16(14)20(21,22)23/h3-10,12H,2,11H2,1H3,(H,24,26). The molecule has 4 nitrogen and oxygen atoms in total. The van der Waals surface area contributed by atoms with Crippen molar-refractivity contribution in [2.75, 3.05) is 6.54 Å². The van der Waals surface area contributed by atoms with Gasteiger partial charge in [0, 0.05) is 23.1 Å². The lowest BCUT2D eigenvalue weighted by atomic mass is 10.1. The molecule has 3 aromatic rings. The molecule has 0 aliphatic rings. The van der Waals surface area contributed by atoms with Crippen LogP contribution in [0.2, 0.25) is 0 Å². The van der Waals surface area contributed by atoms with E-state index in [1.54, 1.807) is 35.7 Å². The quantitative estimate of drug-likeness (QED) is 0.615. The van der Waals surface area contributed by atoms with Gasteiger partial charge in [-0.25, -0.2) is 4.98 Å². The number of amides is 1. The van der Waals surface area contributed by atoms with Gasteiger partial charge in [-0.15, -0.1) is 11.3 Å². The molecule has 0 unspecified atom stereocenters. The van der Waals surface area contributed by atoms with Crippen molar-refractivity contribution in [3.63, 3.8) is 0 Å². The number of carbonyl (C=O) groups is 1. The molecule has 1 N–H and O–H groups in total. The molecule has 1 aromatic heterocycles. The number of thiazole rings is 1. The Bertz CT molecular complexity index is 970. The Morgan fingerprint density at radius 1 is 1.18 bits per heavy atom. The minimum atomic E-state index is -4.43. The first kappa shape index (κ1) is 19.9. The predicted molar refractivity (Wildman–Crippen MR) is 101 cm³/mol. The number of benzene rings is 2. The SMILES string of the molecule is CCNC(=O)c1csc(-c2cccc(OCc3ccccc3C(F)(F)F)c2)n1. The molecule has 3 rings (SSSR count). The number of aromatic nitrogens is 1. The van der Waals surface area contributed by atoms with Crippen LogP contribution in [0.25, 0.3) is 10.6 Å². The molecule has 0 saturated carbocycles. The maximum atomic E-state index is 13.1. The molecule has 1 amide bonds. The maximum absolute atomic E-state index is 13.1. The Kier molecular flexibility index (Phi) is 5.99. The van der Waals surface area contributed by atoms with E-state index in [0.717, 1.165) is 11.6 Å². The fraction of sp³-hybridized carbons (Fsp3) is 0.200. The lowest BCUT2D eigenvalue weighted by Gasteiger charge is -2.13. The zero-order valence-electron chi connectivity index (χ0n) is 14.9. The number of halogens is 3. The highest BCUT2D eigenvalue weighted by Gasteiger charge is 2.32. The van der Waals surface area contributed by atoms with Crippen molar-refractivity contribution in [1.29, 1.82) is 0 Å². The maximum Gasteiger partial charge on any atom is 0.416 e. The number of nitrogens with one attached hydrogen (secondary N) is 1. The molecular weight excluding hydrogens is 389 g/mol. The number of nitrogens with zero attached hydrogens (tertiary/aromatic N) is 1. The zero-order valence-corrected chi connectivity index (χ0v) is 15.7. The van der Waals surface area contributed by atoms with Crippen LogP contribution in [0.1, 0.15) is 28.5 Å². The molecule has 0 spiro atoms. The van der Waals surface area contributed by atoms with Crippen LogP contribution in [-0.2, 0) is 12.8 Å². The molecule has 0 aliphatic heterocycles. The first-order chi connectivity index (χ1) is 13.4. The van der Waals surface area contributed by atoms with Crippen molar-refractivity contribution in [2.45, 2.75) is 19.7 Å². The number of carbonyl (C=O) groups excluding carboxylic acids is 1. The van der Waals surface area contributed by atoms with E-state index in [4.69, 9.17) is 4.74 Å². The largest absolute Gasteiger partial charge is 0.489 e. The Morgan fingerprint density at radius 3 is 2.71 bits per heavy atom. The van der Waals surface area contributed by atoms with Gasteiger partial charge < -0.3 is 10.1 Å². The average molecular weight is 406 g/mol. The zero-order chi connectivity index (χ0) is 20.1. The fourth-order valence-corrected chi connectivity index (χ4v) is 3.36. The summed E-state index contributed by atoms with van der Waals surface area (Å²) in [5.74, 6) is 0.172. The van der Waals surface area contributed by atoms with E-state index < -0.39 is 11.7 Å². The number of hydrogen-bond donors (Lipinski definition) is 1. The molecule has 0 fully saturated rings. The van der Waals surface area contributed by atoms with Gasteiger partial charge in [-0.1, -0.05) is 30.3 Å². The van der Waals surface area contributed by atoms with E-state index in [2.05, 4.69) is 10.3 Å². The summed E-state index contributed by atoms with van der Waals surface area (Å²) < 4.78 is 44.8. The summed E-state index contributed by atoms with van der Waals surface area (Å²) >= 11 is 1.31. The molecule has 2 aromatic carbocycles. The molecule has 0 radical (unpaired) electrons. The van der Waals surface area contributed by atoms with Gasteiger partial charge in [0.05, 0.1) is 5.56 Å². The van der Waals surface area contributed by atoms with Crippen LogP contribution < -0.4 is 10.1 Å². The van der Waals surface area contributed by atoms with E-state index in [0.29, 0.717) is 23.0 Å². The summed E-state index contributed by atoms with van der Waals surface area (Å²) in [5, 5.41) is 4.97. The Hall–Kier alpha value is -2.87. The van der Waals surface area contributed by atoms with Crippen LogP contribution in [0.3, 0.4) is 0 Å². The Labute approximate surface area is 164 Å². The highest BCUT2D eigenvalue weighted by Crippen LogP contribution is 2.33. The van der Waals surface area contributed by atoms with E-state index >= 15 is 0 Å². The summed E-state index contributed by atoms with van der Waals surface area (Å²) in [5.41, 5.74) is 0.403. The molecule has 0 bridgehead atoms. The second-order valence-corrected chi connectivity index (χ2v) is 6.73. The number of alkyl halides is 3. The number of hydrogen-bond acceptors (Lipinski definition) is 4. The monoisotopic (exact) mass is 406 g/mol. The third-order valence-corrected chi connectivity index (χ3v) is 4.76. The fourth-order valence-electron chi connectivity index (χ4n) is 2.56. The summed E-state index contributed by atoms with van der Waals surface area (Å²) in [6.07, 6.45) is -4.43.